The molecule has 0 saturated carbocycles. The number of carbonyl (C=O) groups is 1. The summed E-state index contributed by atoms with van der Waals surface area (Å²) in [6, 6.07) is 0.0665. The Morgan fingerprint density at radius 2 is 2.33 bits per heavy atom. The van der Waals surface area contributed by atoms with Crippen LogP contribution in [0.15, 0.2) is 6.20 Å². The summed E-state index contributed by atoms with van der Waals surface area (Å²) < 4.78 is 0. The van der Waals surface area contributed by atoms with E-state index in [2.05, 4.69) is 15.5 Å². The van der Waals surface area contributed by atoms with Gasteiger partial charge in [0, 0.05) is 11.7 Å². The highest BCUT2D eigenvalue weighted by molar-refractivity contribution is 5.95. The molecular formula is C10H18N4O. The summed E-state index contributed by atoms with van der Waals surface area (Å²) in [7, 11) is 0. The number of hydrogen-bond acceptors (Lipinski definition) is 3. The van der Waals surface area contributed by atoms with Crippen molar-refractivity contribution in [3.63, 3.8) is 0 Å². The van der Waals surface area contributed by atoms with Crippen molar-refractivity contribution in [1.29, 1.82) is 0 Å². The molecule has 84 valence electrons. The molecule has 1 heterocycles. The third-order valence-electron chi connectivity index (χ3n) is 2.66. The van der Waals surface area contributed by atoms with Crippen molar-refractivity contribution >= 4 is 5.91 Å². The first-order valence-corrected chi connectivity index (χ1v) is 5.07. The van der Waals surface area contributed by atoms with E-state index in [4.69, 9.17) is 5.73 Å². The maximum atomic E-state index is 11.7. The van der Waals surface area contributed by atoms with Gasteiger partial charge in [0.15, 0.2) is 0 Å². The van der Waals surface area contributed by atoms with E-state index in [0.717, 1.165) is 5.69 Å². The first kappa shape index (κ1) is 11.7. The van der Waals surface area contributed by atoms with E-state index in [0.29, 0.717) is 12.1 Å². The lowest BCUT2D eigenvalue weighted by atomic mass is 10.0. The van der Waals surface area contributed by atoms with Gasteiger partial charge in [0.05, 0.1) is 11.8 Å². The zero-order valence-electron chi connectivity index (χ0n) is 9.37. The van der Waals surface area contributed by atoms with Gasteiger partial charge in [-0.25, -0.2) is 0 Å². The molecule has 0 aliphatic rings. The summed E-state index contributed by atoms with van der Waals surface area (Å²) in [6.45, 7) is 6.34. The number of aryl methyl sites for hydroxylation is 1. The van der Waals surface area contributed by atoms with E-state index < -0.39 is 0 Å². The van der Waals surface area contributed by atoms with Crippen LogP contribution in [0.1, 0.15) is 29.9 Å². The fourth-order valence-electron chi connectivity index (χ4n) is 1.21. The number of aromatic amines is 1. The third kappa shape index (κ3) is 2.79. The number of nitrogens with zero attached hydrogens (tertiary/aromatic N) is 1. The third-order valence-corrected chi connectivity index (χ3v) is 2.66. The Hall–Kier alpha value is -1.36. The standard InChI is InChI=1S/C10H18N4O/c1-6(4-11)7(2)13-10(15)9-5-12-14-8(9)3/h5-7H,4,11H2,1-3H3,(H,12,14)(H,13,15). The number of hydrogen-bond donors (Lipinski definition) is 3. The van der Waals surface area contributed by atoms with E-state index in [9.17, 15) is 4.79 Å². The van der Waals surface area contributed by atoms with Gasteiger partial charge in [0.1, 0.15) is 0 Å². The predicted molar refractivity (Wildman–Crippen MR) is 58.5 cm³/mol. The second kappa shape index (κ2) is 4.93. The van der Waals surface area contributed by atoms with Crippen LogP contribution in [-0.4, -0.2) is 28.7 Å². The van der Waals surface area contributed by atoms with Crippen LogP contribution >= 0.6 is 0 Å². The first-order valence-electron chi connectivity index (χ1n) is 5.07. The minimum atomic E-state index is -0.103. The summed E-state index contributed by atoms with van der Waals surface area (Å²) in [4.78, 5) is 11.7. The largest absolute Gasteiger partial charge is 0.349 e. The highest BCUT2D eigenvalue weighted by Crippen LogP contribution is 2.05. The molecule has 0 saturated heterocycles. The van der Waals surface area contributed by atoms with Gasteiger partial charge in [0.2, 0.25) is 0 Å². The Kier molecular flexibility index (Phi) is 3.85. The smallest absolute Gasteiger partial charge is 0.254 e. The Bertz CT molecular complexity index is 334. The van der Waals surface area contributed by atoms with Gasteiger partial charge in [-0.05, 0) is 26.3 Å². The molecule has 0 aliphatic heterocycles. The Morgan fingerprint density at radius 1 is 1.67 bits per heavy atom. The van der Waals surface area contributed by atoms with Gasteiger partial charge in [-0.3, -0.25) is 9.89 Å². The van der Waals surface area contributed by atoms with Crippen LogP contribution in [-0.2, 0) is 0 Å². The molecule has 15 heavy (non-hydrogen) atoms. The molecule has 0 aromatic carbocycles. The maximum absolute atomic E-state index is 11.7. The molecule has 4 N–H and O–H groups in total. The summed E-state index contributed by atoms with van der Waals surface area (Å²) in [5, 5.41) is 9.43. The van der Waals surface area contributed by atoms with Gasteiger partial charge in [0.25, 0.3) is 5.91 Å². The van der Waals surface area contributed by atoms with Gasteiger partial charge in [-0.1, -0.05) is 6.92 Å². The fourth-order valence-corrected chi connectivity index (χ4v) is 1.21. The molecule has 5 nitrogen and oxygen atoms in total. The summed E-state index contributed by atoms with van der Waals surface area (Å²) in [5.41, 5.74) is 6.89. The van der Waals surface area contributed by atoms with Gasteiger partial charge in [-0.2, -0.15) is 5.10 Å². The molecule has 5 heteroatoms. The average Bonchev–Trinajstić information content (AvgIpc) is 2.63. The van der Waals surface area contributed by atoms with Crippen molar-refractivity contribution in [2.45, 2.75) is 26.8 Å². The second-order valence-electron chi connectivity index (χ2n) is 3.88. The number of carbonyl (C=O) groups excluding carboxylic acids is 1. The number of H-pyrrole nitrogens is 1. The molecule has 0 radical (unpaired) electrons. The van der Waals surface area contributed by atoms with Crippen LogP contribution in [0.5, 0.6) is 0 Å². The molecule has 0 fully saturated rings. The van der Waals surface area contributed by atoms with Gasteiger partial charge < -0.3 is 11.1 Å². The number of aromatic nitrogens is 2. The lowest BCUT2D eigenvalue weighted by Crippen LogP contribution is -2.39. The van der Waals surface area contributed by atoms with E-state index in [-0.39, 0.29) is 17.9 Å². The molecule has 1 aromatic rings. The van der Waals surface area contributed by atoms with Crippen LogP contribution < -0.4 is 11.1 Å². The van der Waals surface area contributed by atoms with Crippen molar-refractivity contribution in [3.05, 3.63) is 17.5 Å². The molecule has 1 aromatic heterocycles. The SMILES string of the molecule is Cc1[nH]ncc1C(=O)NC(C)C(C)CN. The van der Waals surface area contributed by atoms with Crippen molar-refractivity contribution in [1.82, 2.24) is 15.5 Å². The molecule has 0 bridgehead atoms. The molecular weight excluding hydrogens is 192 g/mol. The van der Waals surface area contributed by atoms with Crippen LogP contribution in [0, 0.1) is 12.8 Å². The predicted octanol–water partition coefficient (Wildman–Crippen LogP) is 0.431. The lowest BCUT2D eigenvalue weighted by molar-refractivity contribution is 0.0929. The summed E-state index contributed by atoms with van der Waals surface area (Å²) in [5.74, 6) is 0.162. The molecule has 1 amide bonds. The lowest BCUT2D eigenvalue weighted by Gasteiger charge is -2.19. The zero-order valence-corrected chi connectivity index (χ0v) is 9.37. The molecule has 2 unspecified atom stereocenters. The van der Waals surface area contributed by atoms with Gasteiger partial charge in [-0.15, -0.1) is 0 Å². The van der Waals surface area contributed by atoms with Gasteiger partial charge >= 0.3 is 0 Å². The van der Waals surface area contributed by atoms with Crippen molar-refractivity contribution in [2.75, 3.05) is 6.54 Å². The molecule has 1 rings (SSSR count). The topological polar surface area (TPSA) is 83.8 Å². The van der Waals surface area contributed by atoms with E-state index in [1.807, 2.05) is 20.8 Å². The summed E-state index contributed by atoms with van der Waals surface area (Å²) >= 11 is 0. The Morgan fingerprint density at radius 3 is 2.80 bits per heavy atom. The summed E-state index contributed by atoms with van der Waals surface area (Å²) in [6.07, 6.45) is 1.53. The molecule has 0 aliphatic carbocycles. The molecule has 0 spiro atoms. The minimum absolute atomic E-state index is 0.0665. The fraction of sp³-hybridized carbons (Fsp3) is 0.600. The van der Waals surface area contributed by atoms with Crippen molar-refractivity contribution in [3.8, 4) is 0 Å². The normalized spacial score (nSPS) is 14.7. The van der Waals surface area contributed by atoms with Crippen LogP contribution in [0.3, 0.4) is 0 Å². The zero-order chi connectivity index (χ0) is 11.4. The number of rotatable bonds is 4. The van der Waals surface area contributed by atoms with Crippen molar-refractivity contribution in [2.24, 2.45) is 11.7 Å². The van der Waals surface area contributed by atoms with Crippen LogP contribution in [0.25, 0.3) is 0 Å². The number of nitrogens with one attached hydrogen (secondary N) is 2. The highest BCUT2D eigenvalue weighted by atomic mass is 16.1. The highest BCUT2D eigenvalue weighted by Gasteiger charge is 2.16. The second-order valence-corrected chi connectivity index (χ2v) is 3.88. The number of amides is 1. The quantitative estimate of drug-likeness (QED) is 0.674. The first-order chi connectivity index (χ1) is 7.06. The van der Waals surface area contributed by atoms with Crippen molar-refractivity contribution < 1.29 is 4.79 Å². The van der Waals surface area contributed by atoms with E-state index in [1.165, 1.54) is 6.20 Å². The number of nitrogens with two attached hydrogens (primary N) is 1. The minimum Gasteiger partial charge on any atom is -0.349 e. The average molecular weight is 210 g/mol. The Balaban J connectivity index is 2.60. The van der Waals surface area contributed by atoms with Crippen LogP contribution in [0.4, 0.5) is 0 Å². The monoisotopic (exact) mass is 210 g/mol. The van der Waals surface area contributed by atoms with E-state index >= 15 is 0 Å². The van der Waals surface area contributed by atoms with E-state index in [1.54, 1.807) is 0 Å². The maximum Gasteiger partial charge on any atom is 0.254 e. The molecule has 2 atom stereocenters. The van der Waals surface area contributed by atoms with Crippen LogP contribution in [0.2, 0.25) is 0 Å². The Labute approximate surface area is 89.4 Å².